The van der Waals surface area contributed by atoms with E-state index in [1.54, 1.807) is 30.1 Å². The van der Waals surface area contributed by atoms with E-state index in [1.165, 1.54) is 16.2 Å². The molecule has 0 aliphatic heterocycles. The zero-order chi connectivity index (χ0) is 36.8. The van der Waals surface area contributed by atoms with Gasteiger partial charge in [-0.1, -0.05) is 94.8 Å². The average Bonchev–Trinajstić information content (AvgIpc) is 3.83. The fourth-order valence-corrected chi connectivity index (χ4v) is 6.89. The number of hydrogen-bond acceptors (Lipinski definition) is 9. The molecular weight excluding hydrogens is 685 g/mol. The Morgan fingerprint density at radius 2 is 1.59 bits per heavy atom. The van der Waals surface area contributed by atoms with E-state index in [0.29, 0.717) is 31.7 Å². The minimum atomic E-state index is -1.05. The lowest BCUT2D eigenvalue weighted by Gasteiger charge is -2.31. The third-order valence-electron chi connectivity index (χ3n) is 8.68. The highest BCUT2D eigenvalue weighted by molar-refractivity contribution is 7.09. The van der Waals surface area contributed by atoms with Crippen LogP contribution in [0, 0.1) is 5.92 Å². The first-order chi connectivity index (χ1) is 24.5. The highest BCUT2D eigenvalue weighted by Crippen LogP contribution is 2.20. The van der Waals surface area contributed by atoms with E-state index in [0.717, 1.165) is 26.7 Å². The molecule has 0 saturated carbocycles. The molecule has 0 saturated heterocycles. The van der Waals surface area contributed by atoms with Gasteiger partial charge in [0.1, 0.15) is 12.6 Å². The van der Waals surface area contributed by atoms with Crippen LogP contribution in [-0.2, 0) is 35.5 Å². The van der Waals surface area contributed by atoms with Crippen LogP contribution in [0.5, 0.6) is 0 Å². The molecule has 2 heterocycles. The second-order valence-electron chi connectivity index (χ2n) is 13.2. The van der Waals surface area contributed by atoms with Gasteiger partial charge in [0, 0.05) is 30.6 Å². The number of hydrogen-bond donors (Lipinski definition) is 4. The maximum Gasteiger partial charge on any atom is 0.407 e. The average molecular weight is 735 g/mol. The zero-order valence-corrected chi connectivity index (χ0v) is 31.6. The molecule has 0 aliphatic carbocycles. The van der Waals surface area contributed by atoms with E-state index < -0.39 is 30.3 Å². The Labute approximate surface area is 308 Å². The number of rotatable bonds is 18. The topological polar surface area (TPSA) is 146 Å². The summed E-state index contributed by atoms with van der Waals surface area (Å²) in [6, 6.07) is 16.9. The largest absolute Gasteiger partial charge is 0.444 e. The van der Waals surface area contributed by atoms with Crippen molar-refractivity contribution in [3.8, 4) is 0 Å². The molecule has 4 rings (SSSR count). The zero-order valence-electron chi connectivity index (χ0n) is 30.0. The Balaban J connectivity index is 1.49. The predicted molar refractivity (Wildman–Crippen MR) is 202 cm³/mol. The van der Waals surface area contributed by atoms with Gasteiger partial charge in [-0.15, -0.1) is 22.7 Å². The molecule has 4 aromatic rings. The summed E-state index contributed by atoms with van der Waals surface area (Å²) in [6.07, 6.45) is 1.50. The summed E-state index contributed by atoms with van der Waals surface area (Å²) in [7, 11) is 1.69. The molecule has 0 aliphatic rings. The van der Waals surface area contributed by atoms with Crippen molar-refractivity contribution in [1.82, 2.24) is 30.8 Å². The van der Waals surface area contributed by atoms with Gasteiger partial charge in [0.2, 0.25) is 5.91 Å². The summed E-state index contributed by atoms with van der Waals surface area (Å²) >= 11 is 2.96. The normalized spacial score (nSPS) is 14.2. The Morgan fingerprint density at radius 3 is 2.18 bits per heavy atom. The molecule has 4 amide bonds. The maximum atomic E-state index is 14.0. The molecule has 0 radical (unpaired) electrons. The van der Waals surface area contributed by atoms with Gasteiger partial charge in [-0.2, -0.15) is 0 Å². The van der Waals surface area contributed by atoms with Crippen LogP contribution >= 0.6 is 22.7 Å². The second-order valence-corrected chi connectivity index (χ2v) is 15.0. The van der Waals surface area contributed by atoms with Gasteiger partial charge in [0.05, 0.1) is 39.8 Å². The number of thiazole rings is 2. The van der Waals surface area contributed by atoms with Crippen molar-refractivity contribution < 1.29 is 24.2 Å². The first-order valence-electron chi connectivity index (χ1n) is 17.3. The number of aromatic nitrogens is 2. The number of alkyl carbamates (subject to hydrolysis) is 1. The van der Waals surface area contributed by atoms with Crippen molar-refractivity contribution in [3.63, 3.8) is 0 Å². The number of aliphatic hydroxyl groups excluding tert-OH is 1. The van der Waals surface area contributed by atoms with Gasteiger partial charge in [-0.3, -0.25) is 9.78 Å². The quantitative estimate of drug-likeness (QED) is 0.0940. The van der Waals surface area contributed by atoms with Gasteiger partial charge in [-0.05, 0) is 36.3 Å². The number of ether oxygens (including phenoxy) is 1. The molecule has 4 N–H and O–H groups in total. The lowest BCUT2D eigenvalue weighted by Crippen LogP contribution is -2.56. The molecule has 0 fully saturated rings. The summed E-state index contributed by atoms with van der Waals surface area (Å²) in [4.78, 5) is 51.3. The number of aliphatic hydroxyl groups is 1. The molecular formula is C38H50N6O5S2. The fourth-order valence-electron chi connectivity index (χ4n) is 5.55. The van der Waals surface area contributed by atoms with Gasteiger partial charge in [-0.25, -0.2) is 14.6 Å². The van der Waals surface area contributed by atoms with Crippen molar-refractivity contribution in [1.29, 1.82) is 0 Å². The van der Waals surface area contributed by atoms with E-state index in [2.05, 4.69) is 39.8 Å². The minimum absolute atomic E-state index is 0.0675. The SMILES string of the molecule is CCC(C)[C@H](NC(=O)N(C)Cc1csc(C(C)C)n1)C(=O)N[C@@H](Cc1ccccc1)C[C@H](O)C(Cc1ccccc1)NC(=O)OCc1cncs1. The van der Waals surface area contributed by atoms with Crippen LogP contribution in [0.25, 0.3) is 0 Å². The Morgan fingerprint density at radius 1 is 0.922 bits per heavy atom. The van der Waals surface area contributed by atoms with Crippen molar-refractivity contribution in [2.24, 2.45) is 5.92 Å². The number of benzene rings is 2. The lowest BCUT2D eigenvalue weighted by atomic mass is 9.92. The van der Waals surface area contributed by atoms with Crippen molar-refractivity contribution in [2.45, 2.75) is 96.7 Å². The van der Waals surface area contributed by atoms with Gasteiger partial charge >= 0.3 is 12.1 Å². The van der Waals surface area contributed by atoms with E-state index >= 15 is 0 Å². The number of urea groups is 1. The lowest BCUT2D eigenvalue weighted by molar-refractivity contribution is -0.125. The van der Waals surface area contributed by atoms with Crippen LogP contribution in [-0.4, -0.2) is 69.3 Å². The second kappa shape index (κ2) is 19.9. The maximum absolute atomic E-state index is 14.0. The monoisotopic (exact) mass is 734 g/mol. The van der Waals surface area contributed by atoms with E-state index in [4.69, 9.17) is 4.74 Å². The van der Waals surface area contributed by atoms with Crippen molar-refractivity contribution in [2.75, 3.05) is 7.05 Å². The minimum Gasteiger partial charge on any atom is -0.444 e. The Bertz CT molecular complexity index is 1640. The van der Waals surface area contributed by atoms with Gasteiger partial charge < -0.3 is 30.7 Å². The van der Waals surface area contributed by atoms with Crippen molar-refractivity contribution >= 4 is 40.7 Å². The third-order valence-corrected chi connectivity index (χ3v) is 10.6. The van der Waals surface area contributed by atoms with E-state index in [9.17, 15) is 19.5 Å². The smallest absolute Gasteiger partial charge is 0.407 e. The Hall–Kier alpha value is -4.33. The standard InChI is InChI=1S/C38H50N6O5S2/c1-6-26(4)34(43-37(47)44(5)21-30-23-50-36(41-30)25(2)3)35(46)40-29(17-27-13-9-7-10-14-27)19-33(45)32(18-28-15-11-8-12-16-28)42-38(48)49-22-31-20-39-24-51-31/h7-16,20,23-26,29,32-34,45H,6,17-19,21-22H2,1-5H3,(H,40,46)(H,42,48)(H,43,47)/t26?,29-,32?,33-,34-/m0/s1. The summed E-state index contributed by atoms with van der Waals surface area (Å²) in [6.45, 7) is 8.45. The van der Waals surface area contributed by atoms with E-state index in [1.807, 2.05) is 79.9 Å². The third kappa shape index (κ3) is 12.7. The van der Waals surface area contributed by atoms with E-state index in [-0.39, 0.29) is 30.9 Å². The summed E-state index contributed by atoms with van der Waals surface area (Å²) in [5.41, 5.74) is 4.36. The number of carbonyl (C=O) groups is 3. The molecule has 2 unspecified atom stereocenters. The highest BCUT2D eigenvalue weighted by Gasteiger charge is 2.31. The summed E-state index contributed by atoms with van der Waals surface area (Å²) in [5, 5.41) is 23.6. The molecule has 13 heteroatoms. The number of nitrogens with zero attached hydrogens (tertiary/aromatic N) is 3. The molecule has 51 heavy (non-hydrogen) atoms. The molecule has 11 nitrogen and oxygen atoms in total. The summed E-state index contributed by atoms with van der Waals surface area (Å²) in [5.74, 6) is -0.208. The molecule has 2 aromatic heterocycles. The molecule has 0 bridgehead atoms. The number of nitrogens with one attached hydrogen (secondary N) is 3. The van der Waals surface area contributed by atoms with Crippen LogP contribution in [0.15, 0.2) is 77.8 Å². The number of amides is 4. The van der Waals surface area contributed by atoms with Crippen LogP contribution in [0.1, 0.15) is 73.2 Å². The van der Waals surface area contributed by atoms with Gasteiger partial charge in [0.15, 0.2) is 0 Å². The molecule has 2 aromatic carbocycles. The first kappa shape index (κ1) is 39.5. The van der Waals surface area contributed by atoms with Crippen LogP contribution in [0.4, 0.5) is 9.59 Å². The molecule has 5 atom stereocenters. The van der Waals surface area contributed by atoms with Gasteiger partial charge in [0.25, 0.3) is 0 Å². The fraction of sp³-hybridized carbons (Fsp3) is 0.447. The van der Waals surface area contributed by atoms with Crippen LogP contribution in [0.3, 0.4) is 0 Å². The number of carbonyl (C=O) groups excluding carboxylic acids is 3. The highest BCUT2D eigenvalue weighted by atomic mass is 32.1. The van der Waals surface area contributed by atoms with Crippen molar-refractivity contribution in [3.05, 3.63) is 104 Å². The van der Waals surface area contributed by atoms with Crippen LogP contribution in [0.2, 0.25) is 0 Å². The Kier molecular flexibility index (Phi) is 15.4. The molecule has 274 valence electrons. The molecule has 0 spiro atoms. The first-order valence-corrected chi connectivity index (χ1v) is 19.1. The van der Waals surface area contributed by atoms with Crippen LogP contribution < -0.4 is 16.0 Å². The predicted octanol–water partition coefficient (Wildman–Crippen LogP) is 6.30. The summed E-state index contributed by atoms with van der Waals surface area (Å²) < 4.78 is 5.44.